The molecular weight excluding hydrogens is 372 g/mol. The van der Waals surface area contributed by atoms with Gasteiger partial charge in [0, 0.05) is 12.1 Å². The average molecular weight is 396 g/mol. The van der Waals surface area contributed by atoms with Crippen molar-refractivity contribution in [1.29, 1.82) is 0 Å². The molecule has 29 heavy (non-hydrogen) atoms. The summed E-state index contributed by atoms with van der Waals surface area (Å²) in [4.78, 5) is 39.7. The number of nitrogens with one attached hydrogen (secondary N) is 1. The Morgan fingerprint density at radius 3 is 2.14 bits per heavy atom. The predicted molar refractivity (Wildman–Crippen MR) is 107 cm³/mol. The van der Waals surface area contributed by atoms with Crippen LogP contribution in [0, 0.1) is 5.92 Å². The number of benzene rings is 2. The average Bonchev–Trinajstić information content (AvgIpc) is 2.97. The molecule has 1 aliphatic heterocycles. The zero-order chi connectivity index (χ0) is 21.1. The lowest BCUT2D eigenvalue weighted by Gasteiger charge is -2.28. The van der Waals surface area contributed by atoms with Gasteiger partial charge in [0.05, 0.1) is 25.3 Å². The normalized spacial score (nSPS) is 14.0. The Bertz CT molecular complexity index is 919. The minimum Gasteiger partial charge on any atom is -0.497 e. The van der Waals surface area contributed by atoms with Crippen molar-refractivity contribution < 1.29 is 23.9 Å². The number of rotatable bonds is 7. The molecule has 0 spiro atoms. The van der Waals surface area contributed by atoms with Gasteiger partial charge in [-0.3, -0.25) is 19.3 Å². The van der Waals surface area contributed by atoms with Gasteiger partial charge in [0.25, 0.3) is 11.8 Å². The van der Waals surface area contributed by atoms with Crippen molar-refractivity contribution in [2.45, 2.75) is 26.4 Å². The smallest absolute Gasteiger partial charge is 0.262 e. The van der Waals surface area contributed by atoms with Crippen LogP contribution in [0.1, 0.15) is 40.1 Å². The molecule has 7 heteroatoms. The van der Waals surface area contributed by atoms with E-state index in [1.165, 1.54) is 0 Å². The van der Waals surface area contributed by atoms with E-state index in [4.69, 9.17) is 9.47 Å². The second-order valence-electron chi connectivity index (χ2n) is 7.11. The largest absolute Gasteiger partial charge is 0.497 e. The molecule has 0 bridgehead atoms. The highest BCUT2D eigenvalue weighted by molar-refractivity contribution is 6.22. The zero-order valence-corrected chi connectivity index (χ0v) is 16.9. The first-order chi connectivity index (χ1) is 13.9. The minimum atomic E-state index is -0.918. The fourth-order valence-electron chi connectivity index (χ4n) is 3.49. The summed E-state index contributed by atoms with van der Waals surface area (Å²) >= 11 is 0. The number of amides is 3. The van der Waals surface area contributed by atoms with Gasteiger partial charge >= 0.3 is 0 Å². The zero-order valence-electron chi connectivity index (χ0n) is 16.9. The SMILES string of the molecule is COc1ccc(OC)c(CNC(=O)C(C(C)C)N2C(=O)c3ccccc3C2=O)c1. The highest BCUT2D eigenvalue weighted by Gasteiger charge is 2.43. The van der Waals surface area contributed by atoms with Gasteiger partial charge in [-0.2, -0.15) is 0 Å². The first-order valence-electron chi connectivity index (χ1n) is 9.34. The highest BCUT2D eigenvalue weighted by Crippen LogP contribution is 2.28. The molecule has 0 aromatic heterocycles. The van der Waals surface area contributed by atoms with Gasteiger partial charge in [0.1, 0.15) is 17.5 Å². The number of methoxy groups -OCH3 is 2. The molecule has 1 atom stereocenters. The van der Waals surface area contributed by atoms with Crippen LogP contribution in [0.15, 0.2) is 42.5 Å². The molecule has 0 aliphatic carbocycles. The highest BCUT2D eigenvalue weighted by atomic mass is 16.5. The Hall–Kier alpha value is -3.35. The topological polar surface area (TPSA) is 84.9 Å². The van der Waals surface area contributed by atoms with Crippen LogP contribution in [0.3, 0.4) is 0 Å². The van der Waals surface area contributed by atoms with Crippen molar-refractivity contribution in [3.63, 3.8) is 0 Å². The number of ether oxygens (including phenoxy) is 2. The third kappa shape index (κ3) is 3.81. The lowest BCUT2D eigenvalue weighted by Crippen LogP contribution is -2.52. The molecule has 2 aromatic carbocycles. The summed E-state index contributed by atoms with van der Waals surface area (Å²) in [6.45, 7) is 3.78. The summed E-state index contributed by atoms with van der Waals surface area (Å²) in [5.41, 5.74) is 1.38. The Kier molecular flexibility index (Phi) is 5.87. The van der Waals surface area contributed by atoms with E-state index < -0.39 is 23.8 Å². The van der Waals surface area contributed by atoms with Crippen LogP contribution in [-0.2, 0) is 11.3 Å². The molecule has 0 saturated carbocycles. The van der Waals surface area contributed by atoms with Crippen molar-refractivity contribution in [2.24, 2.45) is 5.92 Å². The third-order valence-electron chi connectivity index (χ3n) is 4.94. The molecule has 1 N–H and O–H groups in total. The van der Waals surface area contributed by atoms with Crippen molar-refractivity contribution in [3.05, 3.63) is 59.2 Å². The molecule has 7 nitrogen and oxygen atoms in total. The molecule has 2 aromatic rings. The molecule has 3 rings (SSSR count). The second kappa shape index (κ2) is 8.34. The second-order valence-corrected chi connectivity index (χ2v) is 7.11. The van der Waals surface area contributed by atoms with Crippen LogP contribution in [0.2, 0.25) is 0 Å². The molecule has 1 unspecified atom stereocenters. The van der Waals surface area contributed by atoms with E-state index in [1.54, 1.807) is 70.5 Å². The van der Waals surface area contributed by atoms with Crippen molar-refractivity contribution in [2.75, 3.05) is 14.2 Å². The Labute approximate surface area is 169 Å². The van der Waals surface area contributed by atoms with Gasteiger partial charge in [0.2, 0.25) is 5.91 Å². The molecule has 0 saturated heterocycles. The maximum Gasteiger partial charge on any atom is 0.262 e. The minimum absolute atomic E-state index is 0.172. The van der Waals surface area contributed by atoms with Crippen molar-refractivity contribution in [3.8, 4) is 11.5 Å². The number of fused-ring (bicyclic) bond motifs is 1. The summed E-state index contributed by atoms with van der Waals surface area (Å²) < 4.78 is 10.6. The van der Waals surface area contributed by atoms with Crippen molar-refractivity contribution >= 4 is 17.7 Å². The van der Waals surface area contributed by atoms with Crippen LogP contribution in [-0.4, -0.2) is 42.9 Å². The number of hydrogen-bond acceptors (Lipinski definition) is 5. The Morgan fingerprint density at radius 2 is 1.62 bits per heavy atom. The number of nitrogens with zero attached hydrogens (tertiary/aromatic N) is 1. The van der Waals surface area contributed by atoms with Crippen molar-refractivity contribution in [1.82, 2.24) is 10.2 Å². The number of imide groups is 1. The molecule has 0 fully saturated rings. The van der Waals surface area contributed by atoms with Gasteiger partial charge in [-0.05, 0) is 36.2 Å². The fourth-order valence-corrected chi connectivity index (χ4v) is 3.49. The Morgan fingerprint density at radius 1 is 1.00 bits per heavy atom. The van der Waals surface area contributed by atoms with Crippen LogP contribution < -0.4 is 14.8 Å². The number of carbonyl (C=O) groups excluding carboxylic acids is 3. The summed E-state index contributed by atoms with van der Waals surface area (Å²) in [7, 11) is 3.10. The number of carbonyl (C=O) groups is 3. The van der Waals surface area contributed by atoms with E-state index in [0.29, 0.717) is 22.6 Å². The van der Waals surface area contributed by atoms with Gasteiger partial charge in [-0.25, -0.2) is 0 Å². The summed E-state index contributed by atoms with van der Waals surface area (Å²) in [6, 6.07) is 11.0. The molecule has 1 aliphatic rings. The quantitative estimate of drug-likeness (QED) is 0.728. The van der Waals surface area contributed by atoms with Gasteiger partial charge < -0.3 is 14.8 Å². The summed E-state index contributed by atoms with van der Waals surface area (Å²) in [6.07, 6.45) is 0. The molecule has 152 valence electrons. The van der Waals surface area contributed by atoms with E-state index in [-0.39, 0.29) is 12.5 Å². The first-order valence-corrected chi connectivity index (χ1v) is 9.34. The van der Waals surface area contributed by atoms with E-state index >= 15 is 0 Å². The monoisotopic (exact) mass is 396 g/mol. The van der Waals surface area contributed by atoms with E-state index in [1.807, 2.05) is 0 Å². The first kappa shape index (κ1) is 20.4. The molecule has 3 amide bonds. The molecule has 0 radical (unpaired) electrons. The lowest BCUT2D eigenvalue weighted by atomic mass is 10.0. The van der Waals surface area contributed by atoms with Crippen LogP contribution in [0.5, 0.6) is 11.5 Å². The third-order valence-corrected chi connectivity index (χ3v) is 4.94. The fraction of sp³-hybridized carbons (Fsp3) is 0.318. The summed E-state index contributed by atoms with van der Waals surface area (Å²) in [5, 5.41) is 2.83. The Balaban J connectivity index is 1.82. The maximum atomic E-state index is 13.0. The van der Waals surface area contributed by atoms with E-state index in [0.717, 1.165) is 10.5 Å². The number of hydrogen-bond donors (Lipinski definition) is 1. The lowest BCUT2D eigenvalue weighted by molar-refractivity contribution is -0.126. The van der Waals surface area contributed by atoms with E-state index in [2.05, 4.69) is 5.32 Å². The van der Waals surface area contributed by atoms with E-state index in [9.17, 15) is 14.4 Å². The van der Waals surface area contributed by atoms with Gasteiger partial charge in [-0.1, -0.05) is 26.0 Å². The van der Waals surface area contributed by atoms with Gasteiger partial charge in [0.15, 0.2) is 0 Å². The standard InChI is InChI=1S/C22H24N2O5/c1-13(2)19(24-21(26)16-7-5-6-8-17(16)22(24)27)20(25)23-12-14-11-15(28-3)9-10-18(14)29-4/h5-11,13,19H,12H2,1-4H3,(H,23,25). The van der Waals surface area contributed by atoms with Gasteiger partial charge in [-0.15, -0.1) is 0 Å². The maximum absolute atomic E-state index is 13.0. The van der Waals surface area contributed by atoms with Crippen LogP contribution in [0.25, 0.3) is 0 Å². The summed E-state index contributed by atoms with van der Waals surface area (Å²) in [5.74, 6) is -0.315. The predicted octanol–water partition coefficient (Wildman–Crippen LogP) is 2.64. The molecular formula is C22H24N2O5. The molecule has 1 heterocycles. The van der Waals surface area contributed by atoms with Crippen LogP contribution >= 0.6 is 0 Å². The van der Waals surface area contributed by atoms with Crippen LogP contribution in [0.4, 0.5) is 0 Å².